The van der Waals surface area contributed by atoms with Gasteiger partial charge in [0.1, 0.15) is 5.82 Å². The highest BCUT2D eigenvalue weighted by Gasteiger charge is 2.06. The van der Waals surface area contributed by atoms with Crippen molar-refractivity contribution in [3.05, 3.63) is 70.9 Å². The normalized spacial score (nSPS) is 11.0. The molecule has 1 N–H and O–H groups in total. The van der Waals surface area contributed by atoms with E-state index in [1.807, 2.05) is 41.8 Å². The van der Waals surface area contributed by atoms with Gasteiger partial charge in [-0.05, 0) is 11.6 Å². The Morgan fingerprint density at radius 1 is 1.17 bits per heavy atom. The van der Waals surface area contributed by atoms with Crippen molar-refractivity contribution < 1.29 is 4.39 Å². The zero-order valence-electron chi connectivity index (χ0n) is 12.0. The Balaban J connectivity index is 1.73. The van der Waals surface area contributed by atoms with Crippen molar-refractivity contribution in [2.75, 3.05) is 5.43 Å². The average molecular weight is 390 g/mol. The maximum atomic E-state index is 13.8. The third-order valence-corrected chi connectivity index (χ3v) is 4.57. The number of nitrogens with zero attached hydrogens (tertiary/aromatic N) is 2. The van der Waals surface area contributed by atoms with Crippen LogP contribution in [0.1, 0.15) is 11.1 Å². The minimum atomic E-state index is -0.295. The standard InChI is InChI=1S/C17H13BrFN3S/c18-9-13-7-4-8-15(19)14(13)10-20-22-17-21-16(11-23-17)12-5-2-1-3-6-12/h1-8,10-11H,9H2,(H,21,22). The van der Waals surface area contributed by atoms with Crippen LogP contribution < -0.4 is 5.43 Å². The molecule has 3 nitrogen and oxygen atoms in total. The van der Waals surface area contributed by atoms with E-state index in [1.54, 1.807) is 6.07 Å². The van der Waals surface area contributed by atoms with Crippen LogP contribution in [0.25, 0.3) is 11.3 Å². The number of rotatable bonds is 5. The number of benzene rings is 2. The predicted octanol–water partition coefficient (Wildman–Crippen LogP) is 5.29. The van der Waals surface area contributed by atoms with Gasteiger partial charge in [-0.3, -0.25) is 5.43 Å². The van der Waals surface area contributed by atoms with E-state index >= 15 is 0 Å². The van der Waals surface area contributed by atoms with E-state index in [1.165, 1.54) is 23.6 Å². The van der Waals surface area contributed by atoms with Crippen molar-refractivity contribution in [3.8, 4) is 11.3 Å². The fourth-order valence-corrected chi connectivity index (χ4v) is 3.22. The predicted molar refractivity (Wildman–Crippen MR) is 97.8 cm³/mol. The molecule has 3 rings (SSSR count). The molecule has 2 aromatic carbocycles. The van der Waals surface area contributed by atoms with Crippen LogP contribution in [0.4, 0.5) is 9.52 Å². The summed E-state index contributed by atoms with van der Waals surface area (Å²) in [5.74, 6) is -0.295. The first-order chi connectivity index (χ1) is 11.3. The Labute approximate surface area is 146 Å². The summed E-state index contributed by atoms with van der Waals surface area (Å²) in [7, 11) is 0. The number of hydrogen-bond donors (Lipinski definition) is 1. The van der Waals surface area contributed by atoms with Gasteiger partial charge in [0, 0.05) is 21.8 Å². The minimum Gasteiger partial charge on any atom is -0.253 e. The van der Waals surface area contributed by atoms with E-state index in [2.05, 4.69) is 31.4 Å². The Bertz CT molecular complexity index is 818. The third kappa shape index (κ3) is 3.83. The summed E-state index contributed by atoms with van der Waals surface area (Å²) >= 11 is 4.80. The van der Waals surface area contributed by atoms with E-state index in [0.29, 0.717) is 16.0 Å². The lowest BCUT2D eigenvalue weighted by atomic mass is 10.1. The van der Waals surface area contributed by atoms with Crippen molar-refractivity contribution >= 4 is 38.6 Å². The molecule has 3 aromatic rings. The number of hydrogen-bond acceptors (Lipinski definition) is 4. The second kappa shape index (κ2) is 7.48. The molecule has 0 fully saturated rings. The second-order valence-electron chi connectivity index (χ2n) is 4.72. The fraction of sp³-hybridized carbons (Fsp3) is 0.0588. The minimum absolute atomic E-state index is 0.295. The fourth-order valence-electron chi connectivity index (χ4n) is 2.06. The molecule has 23 heavy (non-hydrogen) atoms. The van der Waals surface area contributed by atoms with E-state index in [9.17, 15) is 4.39 Å². The first kappa shape index (κ1) is 15.8. The summed E-state index contributed by atoms with van der Waals surface area (Å²) in [5, 5.41) is 7.29. The van der Waals surface area contributed by atoms with Crippen LogP contribution in [0.15, 0.2) is 59.0 Å². The Hall–Kier alpha value is -2.05. The molecule has 0 spiro atoms. The summed E-state index contributed by atoms with van der Waals surface area (Å²) in [5.41, 5.74) is 6.11. The highest BCUT2D eigenvalue weighted by molar-refractivity contribution is 9.08. The lowest BCUT2D eigenvalue weighted by Crippen LogP contribution is -1.97. The molecule has 6 heteroatoms. The molecule has 0 amide bonds. The number of nitrogens with one attached hydrogen (secondary N) is 1. The number of anilines is 1. The molecule has 0 aliphatic carbocycles. The summed E-state index contributed by atoms with van der Waals surface area (Å²) in [6.45, 7) is 0. The van der Waals surface area contributed by atoms with Crippen LogP contribution in [0.2, 0.25) is 0 Å². The third-order valence-electron chi connectivity index (χ3n) is 3.21. The van der Waals surface area contributed by atoms with E-state index in [-0.39, 0.29) is 5.82 Å². The molecule has 0 bridgehead atoms. The van der Waals surface area contributed by atoms with Gasteiger partial charge in [-0.2, -0.15) is 5.10 Å². The van der Waals surface area contributed by atoms with Gasteiger partial charge in [0.25, 0.3) is 0 Å². The van der Waals surface area contributed by atoms with Crippen LogP contribution in [0.3, 0.4) is 0 Å². The molecule has 0 atom stereocenters. The molecular formula is C17H13BrFN3S. The Morgan fingerprint density at radius 2 is 2.00 bits per heavy atom. The van der Waals surface area contributed by atoms with Gasteiger partial charge in [-0.25, -0.2) is 9.37 Å². The zero-order chi connectivity index (χ0) is 16.1. The lowest BCUT2D eigenvalue weighted by Gasteiger charge is -2.02. The van der Waals surface area contributed by atoms with Gasteiger partial charge in [0.05, 0.1) is 11.9 Å². The molecule has 0 aliphatic heterocycles. The summed E-state index contributed by atoms with van der Waals surface area (Å²) in [6, 6.07) is 14.9. The first-order valence-electron chi connectivity index (χ1n) is 6.91. The van der Waals surface area contributed by atoms with Gasteiger partial charge >= 0.3 is 0 Å². The second-order valence-corrected chi connectivity index (χ2v) is 6.14. The van der Waals surface area contributed by atoms with Crippen molar-refractivity contribution in [1.29, 1.82) is 0 Å². The Kier molecular flexibility index (Phi) is 5.15. The first-order valence-corrected chi connectivity index (χ1v) is 8.91. The van der Waals surface area contributed by atoms with E-state index < -0.39 is 0 Å². The number of hydrazone groups is 1. The van der Waals surface area contributed by atoms with E-state index in [4.69, 9.17) is 0 Å². The molecular weight excluding hydrogens is 377 g/mol. The maximum Gasteiger partial charge on any atom is 0.203 e. The van der Waals surface area contributed by atoms with Gasteiger partial charge in [0.2, 0.25) is 5.13 Å². The van der Waals surface area contributed by atoms with Crippen LogP contribution in [-0.4, -0.2) is 11.2 Å². The number of halogens is 2. The van der Waals surface area contributed by atoms with Gasteiger partial charge in [-0.1, -0.05) is 58.4 Å². The van der Waals surface area contributed by atoms with Gasteiger partial charge in [-0.15, -0.1) is 11.3 Å². The van der Waals surface area contributed by atoms with Crippen molar-refractivity contribution in [3.63, 3.8) is 0 Å². The topological polar surface area (TPSA) is 37.3 Å². The van der Waals surface area contributed by atoms with Crippen molar-refractivity contribution in [2.24, 2.45) is 5.10 Å². The van der Waals surface area contributed by atoms with E-state index in [0.717, 1.165) is 16.8 Å². The van der Waals surface area contributed by atoms with Crippen LogP contribution >= 0.6 is 27.3 Å². The van der Waals surface area contributed by atoms with Gasteiger partial charge < -0.3 is 0 Å². The largest absolute Gasteiger partial charge is 0.253 e. The highest BCUT2D eigenvalue weighted by Crippen LogP contribution is 2.24. The van der Waals surface area contributed by atoms with Crippen LogP contribution in [-0.2, 0) is 5.33 Å². The van der Waals surface area contributed by atoms with Crippen molar-refractivity contribution in [1.82, 2.24) is 4.98 Å². The number of aromatic nitrogens is 1. The molecule has 116 valence electrons. The SMILES string of the molecule is Fc1cccc(CBr)c1C=NNc1nc(-c2ccccc2)cs1. The lowest BCUT2D eigenvalue weighted by molar-refractivity contribution is 0.624. The maximum absolute atomic E-state index is 13.8. The molecule has 0 radical (unpaired) electrons. The van der Waals surface area contributed by atoms with Crippen LogP contribution in [0.5, 0.6) is 0 Å². The smallest absolute Gasteiger partial charge is 0.203 e. The molecule has 1 heterocycles. The zero-order valence-corrected chi connectivity index (χ0v) is 14.4. The summed E-state index contributed by atoms with van der Waals surface area (Å²) in [6.07, 6.45) is 1.48. The van der Waals surface area contributed by atoms with Gasteiger partial charge in [0.15, 0.2) is 0 Å². The number of thiazole rings is 1. The quantitative estimate of drug-likeness (QED) is 0.365. The molecule has 0 unspecified atom stereocenters. The molecule has 0 saturated heterocycles. The van der Waals surface area contributed by atoms with Crippen LogP contribution in [0, 0.1) is 5.82 Å². The summed E-state index contributed by atoms with van der Waals surface area (Å²) < 4.78 is 13.8. The highest BCUT2D eigenvalue weighted by atomic mass is 79.9. The molecule has 0 aliphatic rings. The Morgan fingerprint density at radius 3 is 2.78 bits per heavy atom. The summed E-state index contributed by atoms with van der Waals surface area (Å²) in [4.78, 5) is 4.47. The molecule has 1 aromatic heterocycles. The monoisotopic (exact) mass is 389 g/mol. The number of alkyl halides is 1. The molecule has 0 saturated carbocycles. The van der Waals surface area contributed by atoms with Crippen molar-refractivity contribution in [2.45, 2.75) is 5.33 Å². The average Bonchev–Trinajstić information content (AvgIpc) is 3.06.